The fraction of sp³-hybridized carbons (Fsp3) is 0.364. The van der Waals surface area contributed by atoms with Crippen LogP contribution in [0.15, 0.2) is 22.7 Å². The van der Waals surface area contributed by atoms with E-state index in [0.29, 0.717) is 11.0 Å². The number of carbonyl (C=O) groups is 1. The molecule has 0 heterocycles. The minimum Gasteiger partial charge on any atom is -0.350 e. The summed E-state index contributed by atoms with van der Waals surface area (Å²) in [5.74, 6) is -0.920. The van der Waals surface area contributed by atoms with Crippen molar-refractivity contribution in [2.24, 2.45) is 0 Å². The number of likely N-dealkylation sites (N-methyl/N-ethyl adjacent to an activating group) is 1. The first-order valence-corrected chi connectivity index (χ1v) is 5.74. The van der Waals surface area contributed by atoms with Gasteiger partial charge in [0.25, 0.3) is 5.91 Å². The highest BCUT2D eigenvalue weighted by molar-refractivity contribution is 9.10. The zero-order chi connectivity index (χ0) is 12.1. The maximum Gasteiger partial charge on any atom is 0.254 e. The summed E-state index contributed by atoms with van der Waals surface area (Å²) in [5, 5.41) is 5.63. The van der Waals surface area contributed by atoms with Crippen LogP contribution in [0.3, 0.4) is 0 Å². The van der Waals surface area contributed by atoms with E-state index in [-0.39, 0.29) is 11.6 Å². The Morgan fingerprint density at radius 2 is 2.25 bits per heavy atom. The normalized spacial score (nSPS) is 12.2. The van der Waals surface area contributed by atoms with Crippen LogP contribution in [0.1, 0.15) is 17.3 Å². The topological polar surface area (TPSA) is 41.1 Å². The number of rotatable bonds is 4. The van der Waals surface area contributed by atoms with Crippen molar-refractivity contribution >= 4 is 21.8 Å². The number of amides is 1. The maximum atomic E-state index is 13.4. The van der Waals surface area contributed by atoms with Gasteiger partial charge in [0, 0.05) is 17.1 Å². The van der Waals surface area contributed by atoms with Crippen LogP contribution in [0.2, 0.25) is 0 Å². The van der Waals surface area contributed by atoms with Gasteiger partial charge in [-0.25, -0.2) is 4.39 Å². The standard InChI is InChI=1S/C11H14BrFN2O/c1-7(14-2)6-15-11(16)9-4-3-8(12)5-10(9)13/h3-5,7,14H,6H2,1-2H3,(H,15,16). The molecule has 0 aliphatic heterocycles. The number of benzene rings is 1. The molecule has 0 spiro atoms. The highest BCUT2D eigenvalue weighted by atomic mass is 79.9. The zero-order valence-corrected chi connectivity index (χ0v) is 10.8. The molecule has 1 unspecified atom stereocenters. The van der Waals surface area contributed by atoms with Gasteiger partial charge in [0.15, 0.2) is 0 Å². The lowest BCUT2D eigenvalue weighted by Crippen LogP contribution is -2.37. The summed E-state index contributed by atoms with van der Waals surface area (Å²) < 4.78 is 14.0. The van der Waals surface area contributed by atoms with Gasteiger partial charge in [-0.15, -0.1) is 0 Å². The molecule has 0 bridgehead atoms. The van der Waals surface area contributed by atoms with E-state index in [1.54, 1.807) is 13.1 Å². The smallest absolute Gasteiger partial charge is 0.254 e. The average Bonchev–Trinajstić information content (AvgIpc) is 2.25. The van der Waals surface area contributed by atoms with Crippen molar-refractivity contribution in [1.82, 2.24) is 10.6 Å². The van der Waals surface area contributed by atoms with Crippen LogP contribution in [-0.4, -0.2) is 25.5 Å². The van der Waals surface area contributed by atoms with Crippen LogP contribution in [0.5, 0.6) is 0 Å². The first kappa shape index (κ1) is 13.1. The number of hydrogen-bond donors (Lipinski definition) is 2. The Hall–Kier alpha value is -0.940. The molecule has 88 valence electrons. The molecular weight excluding hydrogens is 275 g/mol. The molecule has 0 aliphatic carbocycles. The Bertz CT molecular complexity index is 384. The molecule has 1 aromatic rings. The summed E-state index contributed by atoms with van der Waals surface area (Å²) in [5.41, 5.74) is 0.0616. The Morgan fingerprint density at radius 3 is 2.81 bits per heavy atom. The summed E-state index contributed by atoms with van der Waals surface area (Å²) in [4.78, 5) is 11.6. The van der Waals surface area contributed by atoms with Gasteiger partial charge >= 0.3 is 0 Å². The zero-order valence-electron chi connectivity index (χ0n) is 9.18. The highest BCUT2D eigenvalue weighted by Crippen LogP contribution is 2.14. The van der Waals surface area contributed by atoms with Crippen LogP contribution in [0.4, 0.5) is 4.39 Å². The van der Waals surface area contributed by atoms with Gasteiger partial charge in [-0.1, -0.05) is 15.9 Å². The Kier molecular flexibility index (Phi) is 4.89. The second kappa shape index (κ2) is 5.96. The molecule has 1 atom stereocenters. The lowest BCUT2D eigenvalue weighted by Gasteiger charge is -2.11. The van der Waals surface area contributed by atoms with Crippen LogP contribution in [-0.2, 0) is 0 Å². The molecule has 1 amide bonds. The first-order valence-electron chi connectivity index (χ1n) is 4.95. The minimum absolute atomic E-state index is 0.0616. The number of hydrogen-bond acceptors (Lipinski definition) is 2. The lowest BCUT2D eigenvalue weighted by atomic mass is 10.2. The van der Waals surface area contributed by atoms with E-state index in [2.05, 4.69) is 26.6 Å². The Labute approximate surface area is 103 Å². The molecule has 1 rings (SSSR count). The van der Waals surface area contributed by atoms with Gasteiger partial charge in [-0.05, 0) is 32.2 Å². The molecule has 0 aliphatic rings. The van der Waals surface area contributed by atoms with E-state index in [4.69, 9.17) is 0 Å². The van der Waals surface area contributed by atoms with E-state index >= 15 is 0 Å². The van der Waals surface area contributed by atoms with Crippen LogP contribution in [0, 0.1) is 5.82 Å². The molecule has 2 N–H and O–H groups in total. The monoisotopic (exact) mass is 288 g/mol. The highest BCUT2D eigenvalue weighted by Gasteiger charge is 2.11. The molecule has 16 heavy (non-hydrogen) atoms. The van der Waals surface area contributed by atoms with Crippen LogP contribution >= 0.6 is 15.9 Å². The second-order valence-corrected chi connectivity index (χ2v) is 4.44. The van der Waals surface area contributed by atoms with Gasteiger partial charge < -0.3 is 10.6 Å². The summed E-state index contributed by atoms with van der Waals surface area (Å²) >= 11 is 3.14. The Morgan fingerprint density at radius 1 is 1.56 bits per heavy atom. The van der Waals surface area contributed by atoms with Gasteiger partial charge in [0.2, 0.25) is 0 Å². The molecule has 1 aromatic carbocycles. The largest absolute Gasteiger partial charge is 0.350 e. The number of halogens is 2. The van der Waals surface area contributed by atoms with Crippen LogP contribution < -0.4 is 10.6 Å². The predicted octanol–water partition coefficient (Wildman–Crippen LogP) is 1.93. The van der Waals surface area contributed by atoms with Crippen molar-refractivity contribution in [3.63, 3.8) is 0 Å². The van der Waals surface area contributed by atoms with Crippen LogP contribution in [0.25, 0.3) is 0 Å². The van der Waals surface area contributed by atoms with Crippen molar-refractivity contribution in [1.29, 1.82) is 0 Å². The predicted molar refractivity (Wildman–Crippen MR) is 65.0 cm³/mol. The van der Waals surface area contributed by atoms with E-state index < -0.39 is 11.7 Å². The SMILES string of the molecule is CNC(C)CNC(=O)c1ccc(Br)cc1F. The average molecular weight is 289 g/mol. The van der Waals surface area contributed by atoms with Gasteiger partial charge in [0.1, 0.15) is 5.82 Å². The fourth-order valence-corrected chi connectivity index (χ4v) is 1.45. The molecule has 0 saturated heterocycles. The molecule has 0 fully saturated rings. The second-order valence-electron chi connectivity index (χ2n) is 3.52. The van der Waals surface area contributed by atoms with Crippen molar-refractivity contribution in [3.8, 4) is 0 Å². The molecule has 0 saturated carbocycles. The third-order valence-corrected chi connectivity index (χ3v) is 2.73. The number of carbonyl (C=O) groups excluding carboxylic acids is 1. The number of nitrogens with one attached hydrogen (secondary N) is 2. The fourth-order valence-electron chi connectivity index (χ4n) is 1.12. The summed E-state index contributed by atoms with van der Waals surface area (Å²) in [6.07, 6.45) is 0. The first-order chi connectivity index (χ1) is 7.54. The quantitative estimate of drug-likeness (QED) is 0.889. The van der Waals surface area contributed by atoms with Gasteiger partial charge in [0.05, 0.1) is 5.56 Å². The van der Waals surface area contributed by atoms with E-state index in [9.17, 15) is 9.18 Å². The third-order valence-electron chi connectivity index (χ3n) is 2.24. The van der Waals surface area contributed by atoms with Gasteiger partial charge in [-0.3, -0.25) is 4.79 Å². The summed E-state index contributed by atoms with van der Waals surface area (Å²) in [7, 11) is 1.80. The Balaban J connectivity index is 2.66. The van der Waals surface area contributed by atoms with Crippen molar-refractivity contribution in [2.45, 2.75) is 13.0 Å². The maximum absolute atomic E-state index is 13.4. The van der Waals surface area contributed by atoms with Gasteiger partial charge in [-0.2, -0.15) is 0 Å². The third kappa shape index (κ3) is 3.57. The van der Waals surface area contributed by atoms with Crippen molar-refractivity contribution in [3.05, 3.63) is 34.1 Å². The minimum atomic E-state index is -0.524. The van der Waals surface area contributed by atoms with Crippen molar-refractivity contribution in [2.75, 3.05) is 13.6 Å². The summed E-state index contributed by atoms with van der Waals surface area (Å²) in [6.45, 7) is 2.39. The molecule has 0 radical (unpaired) electrons. The van der Waals surface area contributed by atoms with E-state index in [1.165, 1.54) is 12.1 Å². The van der Waals surface area contributed by atoms with E-state index in [1.807, 2.05) is 6.92 Å². The molecule has 5 heteroatoms. The lowest BCUT2D eigenvalue weighted by molar-refractivity contribution is 0.0946. The molecule has 3 nitrogen and oxygen atoms in total. The molecular formula is C11H14BrFN2O. The molecule has 0 aromatic heterocycles. The van der Waals surface area contributed by atoms with Crippen molar-refractivity contribution < 1.29 is 9.18 Å². The summed E-state index contributed by atoms with van der Waals surface area (Å²) in [6, 6.07) is 4.52. The van der Waals surface area contributed by atoms with E-state index in [0.717, 1.165) is 0 Å².